The van der Waals surface area contributed by atoms with E-state index in [2.05, 4.69) is 22.5 Å². The number of nitrogens with one attached hydrogen (secondary N) is 2. The van der Waals surface area contributed by atoms with Crippen LogP contribution in [0.15, 0.2) is 18.3 Å². The van der Waals surface area contributed by atoms with E-state index in [9.17, 15) is 4.79 Å². The molecule has 0 spiro atoms. The maximum atomic E-state index is 12.0. The van der Waals surface area contributed by atoms with Crippen LogP contribution in [0.1, 0.15) is 25.3 Å². The summed E-state index contributed by atoms with van der Waals surface area (Å²) in [5, 5.41) is 6.20. The number of methoxy groups -OCH3 is 1. The molecule has 5 heteroatoms. The minimum Gasteiger partial charge on any atom is -0.481 e. The summed E-state index contributed by atoms with van der Waals surface area (Å²) in [6.07, 6.45) is 3.77. The van der Waals surface area contributed by atoms with E-state index in [-0.39, 0.29) is 11.9 Å². The summed E-state index contributed by atoms with van der Waals surface area (Å²) in [6.45, 7) is 3.61. The van der Waals surface area contributed by atoms with Crippen molar-refractivity contribution in [2.45, 2.75) is 32.4 Å². The monoisotopic (exact) mass is 263 g/mol. The van der Waals surface area contributed by atoms with Crippen LogP contribution >= 0.6 is 0 Å². The number of ether oxygens (including phenoxy) is 1. The Labute approximate surface area is 113 Å². The van der Waals surface area contributed by atoms with Crippen LogP contribution < -0.4 is 15.4 Å². The fourth-order valence-electron chi connectivity index (χ4n) is 2.26. The molecule has 5 nitrogen and oxygen atoms in total. The zero-order valence-electron chi connectivity index (χ0n) is 11.5. The van der Waals surface area contributed by atoms with E-state index in [1.54, 1.807) is 19.4 Å². The van der Waals surface area contributed by atoms with Crippen LogP contribution in [-0.4, -0.2) is 30.6 Å². The van der Waals surface area contributed by atoms with Gasteiger partial charge in [-0.2, -0.15) is 0 Å². The van der Waals surface area contributed by atoms with Gasteiger partial charge in [0.05, 0.1) is 13.2 Å². The molecule has 2 unspecified atom stereocenters. The van der Waals surface area contributed by atoms with E-state index in [1.807, 2.05) is 6.07 Å². The Balaban J connectivity index is 1.82. The molecule has 0 radical (unpaired) electrons. The van der Waals surface area contributed by atoms with Gasteiger partial charge in [-0.1, -0.05) is 13.0 Å². The van der Waals surface area contributed by atoms with Gasteiger partial charge in [0.25, 0.3) is 0 Å². The maximum absolute atomic E-state index is 12.0. The molecule has 104 valence electrons. The standard InChI is InChI=1S/C14H21N3O2/c1-10-5-6-15-12(7-10)14(18)17-9-11-3-4-13(19-2)16-8-11/h3-4,8,10,12,15H,5-7,9H2,1-2H3,(H,17,18). The minimum atomic E-state index is -0.0602. The highest BCUT2D eigenvalue weighted by atomic mass is 16.5. The second-order valence-corrected chi connectivity index (χ2v) is 5.06. The third-order valence-electron chi connectivity index (χ3n) is 3.46. The van der Waals surface area contributed by atoms with E-state index in [4.69, 9.17) is 4.74 Å². The van der Waals surface area contributed by atoms with Gasteiger partial charge in [-0.05, 0) is 30.9 Å². The molecule has 1 aromatic heterocycles. The molecular weight excluding hydrogens is 242 g/mol. The number of carbonyl (C=O) groups excluding carboxylic acids is 1. The molecule has 2 rings (SSSR count). The van der Waals surface area contributed by atoms with Gasteiger partial charge in [-0.25, -0.2) is 4.98 Å². The fourth-order valence-corrected chi connectivity index (χ4v) is 2.26. The second-order valence-electron chi connectivity index (χ2n) is 5.06. The summed E-state index contributed by atoms with van der Waals surface area (Å²) < 4.78 is 4.99. The molecule has 1 aliphatic heterocycles. The van der Waals surface area contributed by atoms with Crippen LogP contribution in [-0.2, 0) is 11.3 Å². The fraction of sp³-hybridized carbons (Fsp3) is 0.571. The minimum absolute atomic E-state index is 0.0602. The number of hydrogen-bond donors (Lipinski definition) is 2. The molecule has 2 atom stereocenters. The predicted octanol–water partition coefficient (Wildman–Crippen LogP) is 1.09. The van der Waals surface area contributed by atoms with Crippen LogP contribution in [0.4, 0.5) is 0 Å². The van der Waals surface area contributed by atoms with E-state index in [0.717, 1.165) is 24.9 Å². The topological polar surface area (TPSA) is 63.2 Å². The van der Waals surface area contributed by atoms with Crippen LogP contribution in [0.2, 0.25) is 0 Å². The molecule has 1 amide bonds. The van der Waals surface area contributed by atoms with Crippen molar-refractivity contribution in [2.75, 3.05) is 13.7 Å². The molecule has 1 aliphatic rings. The second kappa shape index (κ2) is 6.52. The first-order valence-corrected chi connectivity index (χ1v) is 6.69. The smallest absolute Gasteiger partial charge is 0.237 e. The van der Waals surface area contributed by atoms with Gasteiger partial charge in [-0.3, -0.25) is 4.79 Å². The Morgan fingerprint density at radius 3 is 3.05 bits per heavy atom. The van der Waals surface area contributed by atoms with Gasteiger partial charge in [-0.15, -0.1) is 0 Å². The van der Waals surface area contributed by atoms with Gasteiger partial charge in [0, 0.05) is 18.8 Å². The van der Waals surface area contributed by atoms with Crippen LogP contribution in [0.3, 0.4) is 0 Å². The van der Waals surface area contributed by atoms with E-state index in [1.165, 1.54) is 0 Å². The average Bonchev–Trinajstić information content (AvgIpc) is 2.45. The molecule has 19 heavy (non-hydrogen) atoms. The Morgan fingerprint density at radius 1 is 1.58 bits per heavy atom. The number of carbonyl (C=O) groups is 1. The van der Waals surface area contributed by atoms with Crippen LogP contribution in [0.5, 0.6) is 5.88 Å². The first-order valence-electron chi connectivity index (χ1n) is 6.69. The highest BCUT2D eigenvalue weighted by Gasteiger charge is 2.23. The Bertz CT molecular complexity index is 419. The number of piperidine rings is 1. The molecule has 0 aliphatic carbocycles. The number of amides is 1. The normalized spacial score (nSPS) is 22.8. The predicted molar refractivity (Wildman–Crippen MR) is 72.8 cm³/mol. The van der Waals surface area contributed by atoms with Gasteiger partial charge < -0.3 is 15.4 Å². The quantitative estimate of drug-likeness (QED) is 0.853. The third kappa shape index (κ3) is 3.92. The number of aromatic nitrogens is 1. The van der Waals surface area contributed by atoms with Crippen LogP contribution in [0, 0.1) is 5.92 Å². The summed E-state index contributed by atoms with van der Waals surface area (Å²) >= 11 is 0. The van der Waals surface area contributed by atoms with Crippen molar-refractivity contribution in [2.24, 2.45) is 5.92 Å². The lowest BCUT2D eigenvalue weighted by Crippen LogP contribution is -2.48. The maximum Gasteiger partial charge on any atom is 0.237 e. The summed E-state index contributed by atoms with van der Waals surface area (Å²) in [7, 11) is 1.58. The first kappa shape index (κ1) is 13.8. The van der Waals surface area contributed by atoms with Crippen molar-refractivity contribution in [1.82, 2.24) is 15.6 Å². The molecule has 0 aromatic carbocycles. The summed E-state index contributed by atoms with van der Waals surface area (Å²) in [5.74, 6) is 1.26. The van der Waals surface area contributed by atoms with Gasteiger partial charge in [0.1, 0.15) is 0 Å². The van der Waals surface area contributed by atoms with Crippen molar-refractivity contribution in [3.05, 3.63) is 23.9 Å². The van der Waals surface area contributed by atoms with Gasteiger partial charge >= 0.3 is 0 Å². The first-order chi connectivity index (χ1) is 9.19. The molecule has 2 N–H and O–H groups in total. The van der Waals surface area contributed by atoms with Gasteiger partial charge in [0.15, 0.2) is 0 Å². The zero-order chi connectivity index (χ0) is 13.7. The summed E-state index contributed by atoms with van der Waals surface area (Å²) in [5.41, 5.74) is 0.970. The Hall–Kier alpha value is -1.62. The lowest BCUT2D eigenvalue weighted by Gasteiger charge is -2.27. The van der Waals surface area contributed by atoms with Gasteiger partial charge in [0.2, 0.25) is 11.8 Å². The highest BCUT2D eigenvalue weighted by Crippen LogP contribution is 2.15. The van der Waals surface area contributed by atoms with E-state index >= 15 is 0 Å². The number of hydrogen-bond acceptors (Lipinski definition) is 4. The highest BCUT2D eigenvalue weighted by molar-refractivity contribution is 5.81. The van der Waals surface area contributed by atoms with Crippen molar-refractivity contribution in [3.63, 3.8) is 0 Å². The number of pyridine rings is 1. The van der Waals surface area contributed by atoms with Crippen molar-refractivity contribution < 1.29 is 9.53 Å². The lowest BCUT2D eigenvalue weighted by molar-refractivity contribution is -0.124. The summed E-state index contributed by atoms with van der Waals surface area (Å²) in [4.78, 5) is 16.1. The van der Waals surface area contributed by atoms with E-state index in [0.29, 0.717) is 18.3 Å². The average molecular weight is 263 g/mol. The number of nitrogens with zero attached hydrogens (tertiary/aromatic N) is 1. The lowest BCUT2D eigenvalue weighted by atomic mass is 9.94. The number of rotatable bonds is 4. The van der Waals surface area contributed by atoms with E-state index < -0.39 is 0 Å². The molecular formula is C14H21N3O2. The summed E-state index contributed by atoms with van der Waals surface area (Å²) in [6, 6.07) is 3.64. The van der Waals surface area contributed by atoms with Crippen LogP contribution in [0.25, 0.3) is 0 Å². The SMILES string of the molecule is COc1ccc(CNC(=O)C2CC(C)CCN2)cn1. The molecule has 1 aromatic rings. The Morgan fingerprint density at radius 2 is 2.42 bits per heavy atom. The molecule has 1 saturated heterocycles. The van der Waals surface area contributed by atoms with Crippen molar-refractivity contribution in [1.29, 1.82) is 0 Å². The Kier molecular flexibility index (Phi) is 4.74. The molecule has 0 bridgehead atoms. The van der Waals surface area contributed by atoms with Crippen molar-refractivity contribution >= 4 is 5.91 Å². The zero-order valence-corrected chi connectivity index (χ0v) is 11.5. The third-order valence-corrected chi connectivity index (χ3v) is 3.46. The molecule has 1 fully saturated rings. The molecule has 2 heterocycles. The van der Waals surface area contributed by atoms with Crippen molar-refractivity contribution in [3.8, 4) is 5.88 Å². The largest absolute Gasteiger partial charge is 0.481 e. The molecule has 0 saturated carbocycles.